The molecule has 0 aromatic carbocycles. The number of amides is 1. The van der Waals surface area contributed by atoms with Crippen molar-refractivity contribution in [3.05, 3.63) is 36.5 Å². The summed E-state index contributed by atoms with van der Waals surface area (Å²) in [7, 11) is -2.76. The molecule has 1 saturated carbocycles. The number of alkyl halides is 3. The first-order valence-corrected chi connectivity index (χ1v) is 12.8. The fraction of sp³-hybridized carbons (Fsp3) is 0.571. The van der Waals surface area contributed by atoms with Crippen LogP contribution in [0.4, 0.5) is 19.0 Å². The topological polar surface area (TPSA) is 86.1 Å². The molecule has 0 spiro atoms. The standard InChI is InChI=1S/C21H28F3N4O3P/c1-3-32(30,4-2)31-16-9-10-19(25-12-16)27-20(29)17(11-15-7-5-6-8-15)28-13-18(26-14-28)21(22,23)24/h9-10,12-15,17H,3-8,11H2,1-2H3,(H,25,27,29). The normalized spacial score (nSPS) is 16.2. The summed E-state index contributed by atoms with van der Waals surface area (Å²) in [4.78, 5) is 20.6. The quantitative estimate of drug-likeness (QED) is 0.470. The third-order valence-electron chi connectivity index (χ3n) is 5.81. The number of pyridine rings is 1. The van der Waals surface area contributed by atoms with Crippen molar-refractivity contribution in [2.24, 2.45) is 5.92 Å². The largest absolute Gasteiger partial charge is 0.441 e. The van der Waals surface area contributed by atoms with Crippen LogP contribution in [-0.2, 0) is 15.5 Å². The Kier molecular flexibility index (Phi) is 7.64. The monoisotopic (exact) mass is 472 g/mol. The van der Waals surface area contributed by atoms with Gasteiger partial charge in [0.1, 0.15) is 17.6 Å². The summed E-state index contributed by atoms with van der Waals surface area (Å²) >= 11 is 0. The molecule has 2 aromatic rings. The molecular formula is C21H28F3N4O3P. The Balaban J connectivity index is 1.74. The zero-order chi connectivity index (χ0) is 23.4. The predicted octanol–water partition coefficient (Wildman–Crippen LogP) is 5.75. The SMILES string of the molecule is CCP(=O)(CC)Oc1ccc(NC(=O)C(CC2CCCC2)n2cnc(C(F)(F)F)c2)nc1. The summed E-state index contributed by atoms with van der Waals surface area (Å²) in [6.45, 7) is 3.58. The highest BCUT2D eigenvalue weighted by Gasteiger charge is 2.35. The third-order valence-corrected chi connectivity index (χ3v) is 8.28. The minimum Gasteiger partial charge on any atom is -0.441 e. The number of imidazole rings is 1. The fourth-order valence-corrected chi connectivity index (χ4v) is 5.04. The van der Waals surface area contributed by atoms with Crippen LogP contribution in [0.1, 0.15) is 57.7 Å². The van der Waals surface area contributed by atoms with Gasteiger partial charge < -0.3 is 14.4 Å². The number of halogens is 3. The van der Waals surface area contributed by atoms with Crippen LogP contribution in [0.3, 0.4) is 0 Å². The zero-order valence-electron chi connectivity index (χ0n) is 18.1. The third kappa shape index (κ3) is 6.12. The summed E-state index contributed by atoms with van der Waals surface area (Å²) in [5.74, 6) is 0.375. The lowest BCUT2D eigenvalue weighted by molar-refractivity contribution is -0.141. The van der Waals surface area contributed by atoms with Gasteiger partial charge in [-0.05, 0) is 24.5 Å². The van der Waals surface area contributed by atoms with Gasteiger partial charge in [0, 0.05) is 18.5 Å². The number of aromatic nitrogens is 3. The van der Waals surface area contributed by atoms with Crippen LogP contribution in [-0.4, -0.2) is 32.8 Å². The summed E-state index contributed by atoms with van der Waals surface area (Å²) < 4.78 is 58.3. The molecule has 1 N–H and O–H groups in total. The molecule has 0 bridgehead atoms. The molecule has 3 rings (SSSR count). The highest BCUT2D eigenvalue weighted by atomic mass is 31.2. The second-order valence-electron chi connectivity index (χ2n) is 8.01. The van der Waals surface area contributed by atoms with E-state index in [1.165, 1.54) is 16.8 Å². The lowest BCUT2D eigenvalue weighted by Crippen LogP contribution is -2.27. The maximum atomic E-state index is 13.0. The Hall–Kier alpha value is -2.35. The summed E-state index contributed by atoms with van der Waals surface area (Å²) in [6, 6.07) is 2.25. The number of anilines is 1. The Morgan fingerprint density at radius 1 is 1.25 bits per heavy atom. The van der Waals surface area contributed by atoms with Gasteiger partial charge in [0.15, 0.2) is 5.69 Å². The molecule has 7 nitrogen and oxygen atoms in total. The van der Waals surface area contributed by atoms with E-state index in [-0.39, 0.29) is 11.7 Å². The first-order chi connectivity index (χ1) is 15.1. The summed E-state index contributed by atoms with van der Waals surface area (Å²) in [5.41, 5.74) is -1.03. The summed E-state index contributed by atoms with van der Waals surface area (Å²) in [5, 5.41) is 2.68. The van der Waals surface area contributed by atoms with Crippen LogP contribution >= 0.6 is 7.37 Å². The summed E-state index contributed by atoms with van der Waals surface area (Å²) in [6.07, 6.45) is 3.95. The molecule has 0 aliphatic heterocycles. The van der Waals surface area contributed by atoms with Crippen molar-refractivity contribution >= 4 is 19.1 Å². The molecule has 11 heteroatoms. The van der Waals surface area contributed by atoms with E-state index in [1.807, 2.05) is 0 Å². The molecular weight excluding hydrogens is 444 g/mol. The van der Waals surface area contributed by atoms with Crippen LogP contribution in [0.15, 0.2) is 30.9 Å². The molecule has 0 radical (unpaired) electrons. The van der Waals surface area contributed by atoms with Crippen LogP contribution in [0, 0.1) is 5.92 Å². The van der Waals surface area contributed by atoms with Gasteiger partial charge in [0.25, 0.3) is 0 Å². The Morgan fingerprint density at radius 3 is 2.47 bits per heavy atom. The number of hydrogen-bond acceptors (Lipinski definition) is 5. The lowest BCUT2D eigenvalue weighted by Gasteiger charge is -2.21. The van der Waals surface area contributed by atoms with Crippen molar-refractivity contribution in [2.75, 3.05) is 17.6 Å². The van der Waals surface area contributed by atoms with Crippen molar-refractivity contribution in [2.45, 2.75) is 58.2 Å². The second kappa shape index (κ2) is 10.1. The van der Waals surface area contributed by atoms with E-state index in [0.717, 1.165) is 38.2 Å². The molecule has 176 valence electrons. The highest BCUT2D eigenvalue weighted by molar-refractivity contribution is 7.59. The molecule has 1 atom stereocenters. The molecule has 0 saturated heterocycles. The minimum atomic E-state index is -4.58. The van der Waals surface area contributed by atoms with Gasteiger partial charge >= 0.3 is 6.18 Å². The van der Waals surface area contributed by atoms with Gasteiger partial charge in [0.05, 0.1) is 12.5 Å². The van der Waals surface area contributed by atoms with E-state index in [0.29, 0.717) is 24.5 Å². The average molecular weight is 472 g/mol. The van der Waals surface area contributed by atoms with Gasteiger partial charge in [-0.15, -0.1) is 0 Å². The average Bonchev–Trinajstić information content (AvgIpc) is 3.45. The van der Waals surface area contributed by atoms with Gasteiger partial charge in [-0.25, -0.2) is 9.97 Å². The number of hydrogen-bond donors (Lipinski definition) is 1. The molecule has 1 amide bonds. The van der Waals surface area contributed by atoms with Gasteiger partial charge in [-0.1, -0.05) is 39.5 Å². The number of rotatable bonds is 9. The van der Waals surface area contributed by atoms with Crippen molar-refractivity contribution in [1.82, 2.24) is 14.5 Å². The van der Waals surface area contributed by atoms with E-state index in [1.54, 1.807) is 19.9 Å². The van der Waals surface area contributed by atoms with Gasteiger partial charge in [0.2, 0.25) is 13.3 Å². The maximum absolute atomic E-state index is 13.0. The van der Waals surface area contributed by atoms with E-state index in [9.17, 15) is 22.5 Å². The molecule has 2 heterocycles. The van der Waals surface area contributed by atoms with Crippen LogP contribution < -0.4 is 9.84 Å². The first kappa shape index (κ1) is 24.3. The predicted molar refractivity (Wildman–Crippen MR) is 115 cm³/mol. The Labute approximate surface area is 185 Å². The van der Waals surface area contributed by atoms with Crippen LogP contribution in [0.2, 0.25) is 0 Å². The lowest BCUT2D eigenvalue weighted by atomic mass is 9.97. The van der Waals surface area contributed by atoms with Crippen LogP contribution in [0.25, 0.3) is 0 Å². The molecule has 1 aliphatic rings. The fourth-order valence-electron chi connectivity index (χ4n) is 3.84. The maximum Gasteiger partial charge on any atom is 0.434 e. The van der Waals surface area contributed by atoms with E-state index < -0.39 is 31.2 Å². The molecule has 1 unspecified atom stereocenters. The Bertz CT molecular complexity index is 948. The number of nitrogens with zero attached hydrogens (tertiary/aromatic N) is 3. The van der Waals surface area contributed by atoms with Crippen molar-refractivity contribution in [3.63, 3.8) is 0 Å². The van der Waals surface area contributed by atoms with Gasteiger partial charge in [-0.2, -0.15) is 13.2 Å². The Morgan fingerprint density at radius 2 is 1.94 bits per heavy atom. The number of nitrogens with one attached hydrogen (secondary N) is 1. The zero-order valence-corrected chi connectivity index (χ0v) is 19.0. The van der Waals surface area contributed by atoms with Crippen molar-refractivity contribution in [1.29, 1.82) is 0 Å². The van der Waals surface area contributed by atoms with E-state index in [4.69, 9.17) is 4.52 Å². The van der Waals surface area contributed by atoms with Crippen LogP contribution in [0.5, 0.6) is 5.75 Å². The first-order valence-electron chi connectivity index (χ1n) is 10.8. The van der Waals surface area contributed by atoms with E-state index in [2.05, 4.69) is 15.3 Å². The van der Waals surface area contributed by atoms with Crippen molar-refractivity contribution < 1.29 is 27.1 Å². The van der Waals surface area contributed by atoms with Gasteiger partial charge in [-0.3, -0.25) is 9.36 Å². The molecule has 1 fully saturated rings. The van der Waals surface area contributed by atoms with Crippen molar-refractivity contribution in [3.8, 4) is 5.75 Å². The minimum absolute atomic E-state index is 0.234. The molecule has 2 aromatic heterocycles. The molecule has 1 aliphatic carbocycles. The molecule has 32 heavy (non-hydrogen) atoms. The smallest absolute Gasteiger partial charge is 0.434 e. The van der Waals surface area contributed by atoms with E-state index >= 15 is 0 Å². The highest BCUT2D eigenvalue weighted by Crippen LogP contribution is 2.46. The number of carbonyl (C=O) groups is 1. The second-order valence-corrected chi connectivity index (χ2v) is 11.1. The number of carbonyl (C=O) groups excluding carboxylic acids is 1.